The summed E-state index contributed by atoms with van der Waals surface area (Å²) < 4.78 is 29.5. The van der Waals surface area contributed by atoms with E-state index in [0.717, 1.165) is 55.9 Å². The molecule has 26 heavy (non-hydrogen) atoms. The lowest BCUT2D eigenvalue weighted by Crippen LogP contribution is -2.13. The molecule has 1 aliphatic rings. The summed E-state index contributed by atoms with van der Waals surface area (Å²) in [6.45, 7) is 4.28. The first kappa shape index (κ1) is 19.1. The van der Waals surface area contributed by atoms with Crippen molar-refractivity contribution in [3.05, 3.63) is 59.2 Å². The smallest absolute Gasteiger partial charge is 0.166 e. The summed E-state index contributed by atoms with van der Waals surface area (Å²) in [5.41, 5.74) is 1.65. The van der Waals surface area contributed by atoms with Crippen LogP contribution < -0.4 is 0 Å². The number of hydrogen-bond donors (Lipinski definition) is 0. The number of benzene rings is 2. The SMILES string of the molecule is CCC/C=C/C1CCC(c2cc3ccc(CCC)cc3c(F)c2F)CC1. The highest BCUT2D eigenvalue weighted by Crippen LogP contribution is 2.39. The van der Waals surface area contributed by atoms with E-state index in [4.69, 9.17) is 0 Å². The van der Waals surface area contributed by atoms with E-state index in [2.05, 4.69) is 26.0 Å². The van der Waals surface area contributed by atoms with Crippen LogP contribution in [0.1, 0.15) is 75.8 Å². The van der Waals surface area contributed by atoms with E-state index in [0.29, 0.717) is 16.9 Å². The van der Waals surface area contributed by atoms with E-state index in [9.17, 15) is 8.78 Å². The van der Waals surface area contributed by atoms with Gasteiger partial charge in [0.2, 0.25) is 0 Å². The van der Waals surface area contributed by atoms with Crippen LogP contribution in [0.5, 0.6) is 0 Å². The first-order valence-electron chi connectivity index (χ1n) is 10.2. The molecule has 0 saturated heterocycles. The van der Waals surface area contributed by atoms with E-state index in [1.165, 1.54) is 6.42 Å². The largest absolute Gasteiger partial charge is 0.203 e. The lowest BCUT2D eigenvalue weighted by Gasteiger charge is -2.27. The maximum absolute atomic E-state index is 14.8. The second-order valence-electron chi connectivity index (χ2n) is 7.73. The van der Waals surface area contributed by atoms with Crippen LogP contribution in [-0.2, 0) is 6.42 Å². The van der Waals surface area contributed by atoms with E-state index in [-0.39, 0.29) is 5.92 Å². The number of hydrogen-bond acceptors (Lipinski definition) is 0. The molecule has 0 heterocycles. The van der Waals surface area contributed by atoms with Crippen LogP contribution in [-0.4, -0.2) is 0 Å². The molecule has 2 aromatic rings. The highest BCUT2D eigenvalue weighted by molar-refractivity contribution is 5.85. The third kappa shape index (κ3) is 4.16. The van der Waals surface area contributed by atoms with Gasteiger partial charge in [0.05, 0.1) is 0 Å². The maximum atomic E-state index is 14.8. The molecule has 0 unspecified atom stereocenters. The molecule has 0 aliphatic heterocycles. The Hall–Kier alpha value is -1.70. The van der Waals surface area contributed by atoms with Gasteiger partial charge < -0.3 is 0 Å². The molecule has 2 aromatic carbocycles. The third-order valence-corrected chi connectivity index (χ3v) is 5.73. The average molecular weight is 357 g/mol. The van der Waals surface area contributed by atoms with Crippen molar-refractivity contribution in [1.29, 1.82) is 0 Å². The van der Waals surface area contributed by atoms with Crippen LogP contribution in [0.15, 0.2) is 36.4 Å². The van der Waals surface area contributed by atoms with Gasteiger partial charge in [-0.3, -0.25) is 0 Å². The monoisotopic (exact) mass is 356 g/mol. The molecule has 3 rings (SSSR count). The number of unbranched alkanes of at least 4 members (excludes halogenated alkanes) is 1. The molecule has 140 valence electrons. The summed E-state index contributed by atoms with van der Waals surface area (Å²) >= 11 is 0. The molecule has 0 N–H and O–H groups in total. The first-order chi connectivity index (χ1) is 12.6. The molecule has 1 fully saturated rings. The molecular formula is C24H30F2. The molecular weight excluding hydrogens is 326 g/mol. The zero-order valence-corrected chi connectivity index (χ0v) is 16.0. The topological polar surface area (TPSA) is 0 Å². The molecule has 0 bridgehead atoms. The van der Waals surface area contributed by atoms with Crippen LogP contribution in [0.2, 0.25) is 0 Å². The predicted octanol–water partition coefficient (Wildman–Crippen LogP) is 7.70. The number of rotatable bonds is 6. The summed E-state index contributed by atoms with van der Waals surface area (Å²) in [4.78, 5) is 0. The van der Waals surface area contributed by atoms with Gasteiger partial charge in [-0.1, -0.05) is 51.0 Å². The molecule has 0 aromatic heterocycles. The van der Waals surface area contributed by atoms with Gasteiger partial charge in [-0.2, -0.15) is 0 Å². The Kier molecular flexibility index (Phi) is 6.45. The minimum Gasteiger partial charge on any atom is -0.203 e. The van der Waals surface area contributed by atoms with Crippen LogP contribution >= 0.6 is 0 Å². The summed E-state index contributed by atoms with van der Waals surface area (Å²) in [6.07, 6.45) is 12.8. The molecule has 0 atom stereocenters. The first-order valence-corrected chi connectivity index (χ1v) is 10.2. The summed E-state index contributed by atoms with van der Waals surface area (Å²) in [7, 11) is 0. The zero-order chi connectivity index (χ0) is 18.5. The van der Waals surface area contributed by atoms with E-state index in [1.807, 2.05) is 24.3 Å². The van der Waals surface area contributed by atoms with Crippen LogP contribution in [0.4, 0.5) is 8.78 Å². The average Bonchev–Trinajstić information content (AvgIpc) is 2.66. The molecule has 0 amide bonds. The third-order valence-electron chi connectivity index (χ3n) is 5.73. The van der Waals surface area contributed by atoms with E-state index < -0.39 is 11.6 Å². The van der Waals surface area contributed by atoms with Crippen molar-refractivity contribution < 1.29 is 8.78 Å². The summed E-state index contributed by atoms with van der Waals surface area (Å²) in [6, 6.07) is 7.70. The summed E-state index contributed by atoms with van der Waals surface area (Å²) in [5, 5.41) is 1.25. The number of halogens is 2. The lowest BCUT2D eigenvalue weighted by molar-refractivity contribution is 0.364. The minimum atomic E-state index is -0.666. The Morgan fingerprint density at radius 2 is 1.73 bits per heavy atom. The van der Waals surface area contributed by atoms with Gasteiger partial charge in [-0.15, -0.1) is 0 Å². The second-order valence-corrected chi connectivity index (χ2v) is 7.73. The molecule has 0 spiro atoms. The van der Waals surface area contributed by atoms with E-state index in [1.54, 1.807) is 0 Å². The number of aryl methyl sites for hydroxylation is 1. The van der Waals surface area contributed by atoms with Gasteiger partial charge in [0.15, 0.2) is 11.6 Å². The van der Waals surface area contributed by atoms with Gasteiger partial charge in [-0.25, -0.2) is 8.78 Å². The fourth-order valence-electron chi connectivity index (χ4n) is 4.21. The number of fused-ring (bicyclic) bond motifs is 1. The van der Waals surface area contributed by atoms with Crippen molar-refractivity contribution in [2.75, 3.05) is 0 Å². The second kappa shape index (κ2) is 8.79. The van der Waals surface area contributed by atoms with Gasteiger partial charge in [0.25, 0.3) is 0 Å². The molecule has 1 aliphatic carbocycles. The Bertz CT molecular complexity index is 767. The molecule has 0 nitrogen and oxygen atoms in total. The van der Waals surface area contributed by atoms with Crippen molar-refractivity contribution >= 4 is 10.8 Å². The molecule has 1 saturated carbocycles. The lowest BCUT2D eigenvalue weighted by atomic mass is 9.78. The molecule has 0 radical (unpaired) electrons. The Labute approximate surface area is 156 Å². The van der Waals surface area contributed by atoms with Gasteiger partial charge >= 0.3 is 0 Å². The van der Waals surface area contributed by atoms with Crippen molar-refractivity contribution in [3.8, 4) is 0 Å². The van der Waals surface area contributed by atoms with Crippen molar-refractivity contribution in [1.82, 2.24) is 0 Å². The standard InChI is InChI=1S/C24H30F2/c1-3-5-6-8-17-9-12-19(13-10-17)22-16-20-14-11-18(7-4-2)15-21(20)23(25)24(22)26/h6,8,11,14-17,19H,3-5,7,9-10,12-13H2,1-2H3/b8-6+. The maximum Gasteiger partial charge on any atom is 0.166 e. The Balaban J connectivity index is 1.80. The highest BCUT2D eigenvalue weighted by Gasteiger charge is 2.25. The highest BCUT2D eigenvalue weighted by atomic mass is 19.2. The van der Waals surface area contributed by atoms with Crippen LogP contribution in [0.25, 0.3) is 10.8 Å². The molecule has 2 heteroatoms. The number of allylic oxidation sites excluding steroid dienone is 2. The summed E-state index contributed by atoms with van der Waals surface area (Å²) in [5.74, 6) is -0.556. The zero-order valence-electron chi connectivity index (χ0n) is 16.0. The van der Waals surface area contributed by atoms with Gasteiger partial charge in [-0.05, 0) is 79.0 Å². The predicted molar refractivity (Wildman–Crippen MR) is 107 cm³/mol. The Morgan fingerprint density at radius 1 is 0.962 bits per heavy atom. The quantitative estimate of drug-likeness (QED) is 0.465. The van der Waals surface area contributed by atoms with Crippen molar-refractivity contribution in [2.45, 2.75) is 71.1 Å². The van der Waals surface area contributed by atoms with Crippen molar-refractivity contribution in [3.63, 3.8) is 0 Å². The van der Waals surface area contributed by atoms with Gasteiger partial charge in [0.1, 0.15) is 0 Å². The minimum absolute atomic E-state index is 0.139. The van der Waals surface area contributed by atoms with Crippen LogP contribution in [0, 0.1) is 17.6 Å². The fourth-order valence-corrected chi connectivity index (χ4v) is 4.21. The van der Waals surface area contributed by atoms with Crippen molar-refractivity contribution in [2.24, 2.45) is 5.92 Å². The Morgan fingerprint density at radius 3 is 2.42 bits per heavy atom. The van der Waals surface area contributed by atoms with E-state index >= 15 is 0 Å². The fraction of sp³-hybridized carbons (Fsp3) is 0.500. The van der Waals surface area contributed by atoms with Gasteiger partial charge in [0, 0.05) is 5.39 Å². The van der Waals surface area contributed by atoms with Crippen LogP contribution in [0.3, 0.4) is 0 Å². The normalized spacial score (nSPS) is 20.9.